The van der Waals surface area contributed by atoms with E-state index in [-0.39, 0.29) is 0 Å². The van der Waals surface area contributed by atoms with E-state index in [1.54, 1.807) is 6.07 Å². The molecule has 0 spiro atoms. The van der Waals surface area contributed by atoms with E-state index in [1.807, 2.05) is 18.2 Å². The quantitative estimate of drug-likeness (QED) is 0.753. The Kier molecular flexibility index (Phi) is 6.04. The lowest BCUT2D eigenvalue weighted by molar-refractivity contribution is 0.0891. The molecule has 1 aliphatic heterocycles. The van der Waals surface area contributed by atoms with Gasteiger partial charge in [-0.2, -0.15) is 5.26 Å². The van der Waals surface area contributed by atoms with E-state index in [0.717, 1.165) is 32.6 Å². The van der Waals surface area contributed by atoms with Gasteiger partial charge in [0.05, 0.1) is 12.2 Å². The summed E-state index contributed by atoms with van der Waals surface area (Å²) in [6, 6.07) is 10.3. The second-order valence-corrected chi connectivity index (χ2v) is 5.65. The number of ether oxygens (including phenoxy) is 1. The topological polar surface area (TPSA) is 39.5 Å². The van der Waals surface area contributed by atoms with Gasteiger partial charge in [-0.1, -0.05) is 19.1 Å². The molecule has 0 bridgehead atoms. The van der Waals surface area contributed by atoms with E-state index in [4.69, 9.17) is 10.00 Å². The maximum atomic E-state index is 9.02. The van der Waals surface area contributed by atoms with Gasteiger partial charge in [-0.15, -0.1) is 0 Å². The summed E-state index contributed by atoms with van der Waals surface area (Å²) in [7, 11) is 2.22. The highest BCUT2D eigenvalue weighted by Crippen LogP contribution is 2.17. The third-order valence-corrected chi connectivity index (χ3v) is 4.22. The first kappa shape index (κ1) is 15.8. The normalized spacial score (nSPS) is 20.1. The summed E-state index contributed by atoms with van der Waals surface area (Å²) in [5, 5.41) is 9.02. The fourth-order valence-corrected chi connectivity index (χ4v) is 2.81. The molecular formula is C17H25N3O. The molecule has 1 unspecified atom stereocenters. The van der Waals surface area contributed by atoms with Crippen molar-refractivity contribution in [1.29, 1.82) is 5.26 Å². The predicted molar refractivity (Wildman–Crippen MR) is 84.4 cm³/mol. The van der Waals surface area contributed by atoms with Gasteiger partial charge >= 0.3 is 0 Å². The molecular weight excluding hydrogens is 262 g/mol. The molecule has 0 aromatic heterocycles. The molecule has 1 heterocycles. The van der Waals surface area contributed by atoms with Crippen LogP contribution in [-0.2, 0) is 0 Å². The molecule has 114 valence electrons. The van der Waals surface area contributed by atoms with Crippen LogP contribution in [0.4, 0.5) is 0 Å². The molecule has 21 heavy (non-hydrogen) atoms. The molecule has 1 aliphatic rings. The Morgan fingerprint density at radius 1 is 1.33 bits per heavy atom. The summed E-state index contributed by atoms with van der Waals surface area (Å²) < 4.78 is 5.73. The number of rotatable bonds is 6. The van der Waals surface area contributed by atoms with Crippen molar-refractivity contribution >= 4 is 0 Å². The van der Waals surface area contributed by atoms with Gasteiger partial charge in [0.2, 0.25) is 0 Å². The Morgan fingerprint density at radius 2 is 2.14 bits per heavy atom. The molecule has 2 rings (SSSR count). The third kappa shape index (κ3) is 4.45. The summed E-state index contributed by atoms with van der Waals surface area (Å²) in [5.41, 5.74) is 0.614. The molecule has 0 amide bonds. The molecule has 1 aromatic rings. The minimum atomic E-state index is 0.614. The number of hydrogen-bond donors (Lipinski definition) is 0. The van der Waals surface area contributed by atoms with Gasteiger partial charge in [-0.25, -0.2) is 0 Å². The zero-order valence-corrected chi connectivity index (χ0v) is 13.1. The molecule has 1 saturated heterocycles. The average Bonchev–Trinajstić information content (AvgIpc) is 2.53. The fraction of sp³-hybridized carbons (Fsp3) is 0.588. The largest absolute Gasteiger partial charge is 0.492 e. The van der Waals surface area contributed by atoms with Crippen molar-refractivity contribution in [3.63, 3.8) is 0 Å². The van der Waals surface area contributed by atoms with Gasteiger partial charge in [0, 0.05) is 32.2 Å². The van der Waals surface area contributed by atoms with E-state index < -0.39 is 0 Å². The van der Waals surface area contributed by atoms with Crippen molar-refractivity contribution < 1.29 is 4.74 Å². The van der Waals surface area contributed by atoms with Crippen molar-refractivity contribution in [2.45, 2.75) is 25.8 Å². The summed E-state index contributed by atoms with van der Waals surface area (Å²) in [5.74, 6) is 0.699. The van der Waals surface area contributed by atoms with Crippen LogP contribution in [0.5, 0.6) is 5.75 Å². The van der Waals surface area contributed by atoms with Crippen molar-refractivity contribution in [1.82, 2.24) is 9.80 Å². The lowest BCUT2D eigenvalue weighted by Crippen LogP contribution is -2.51. The minimum Gasteiger partial charge on any atom is -0.492 e. The fourth-order valence-electron chi connectivity index (χ4n) is 2.81. The molecule has 1 aromatic carbocycles. The number of nitriles is 1. The van der Waals surface area contributed by atoms with Crippen LogP contribution in [0.1, 0.15) is 25.3 Å². The van der Waals surface area contributed by atoms with E-state index in [0.29, 0.717) is 24.0 Å². The molecule has 1 fully saturated rings. The summed E-state index contributed by atoms with van der Waals surface area (Å²) in [6.45, 7) is 7.44. The monoisotopic (exact) mass is 287 g/mol. The molecule has 0 radical (unpaired) electrons. The Balaban J connectivity index is 1.72. The summed E-state index contributed by atoms with van der Waals surface area (Å²) >= 11 is 0. The lowest BCUT2D eigenvalue weighted by atomic mass is 10.1. The predicted octanol–water partition coefficient (Wildman–Crippen LogP) is 2.35. The van der Waals surface area contributed by atoms with Crippen LogP contribution in [0.25, 0.3) is 0 Å². The molecule has 0 aliphatic carbocycles. The molecule has 4 nitrogen and oxygen atoms in total. The van der Waals surface area contributed by atoms with Crippen LogP contribution in [0.3, 0.4) is 0 Å². The number of nitrogens with zero attached hydrogens (tertiary/aromatic N) is 3. The van der Waals surface area contributed by atoms with E-state index in [2.05, 4.69) is 29.8 Å². The van der Waals surface area contributed by atoms with E-state index in [1.165, 1.54) is 6.42 Å². The summed E-state index contributed by atoms with van der Waals surface area (Å²) in [6.07, 6.45) is 2.21. The lowest BCUT2D eigenvalue weighted by Gasteiger charge is -2.39. The molecule has 1 atom stereocenters. The van der Waals surface area contributed by atoms with Crippen LogP contribution in [0.15, 0.2) is 24.3 Å². The van der Waals surface area contributed by atoms with Crippen molar-refractivity contribution in [2.24, 2.45) is 0 Å². The Hall–Kier alpha value is -1.57. The van der Waals surface area contributed by atoms with Gasteiger partial charge in [-0.3, -0.25) is 0 Å². The van der Waals surface area contributed by atoms with Crippen molar-refractivity contribution in [2.75, 3.05) is 39.8 Å². The van der Waals surface area contributed by atoms with Crippen LogP contribution < -0.4 is 4.74 Å². The van der Waals surface area contributed by atoms with E-state index >= 15 is 0 Å². The molecule has 4 heteroatoms. The average molecular weight is 287 g/mol. The van der Waals surface area contributed by atoms with Gasteiger partial charge in [0.15, 0.2) is 0 Å². The van der Waals surface area contributed by atoms with Crippen LogP contribution in [0, 0.1) is 11.3 Å². The number of piperazine rings is 1. The molecule has 0 saturated carbocycles. The maximum absolute atomic E-state index is 9.02. The van der Waals surface area contributed by atoms with E-state index in [9.17, 15) is 0 Å². The van der Waals surface area contributed by atoms with Crippen molar-refractivity contribution in [3.05, 3.63) is 29.8 Å². The Bertz CT molecular complexity index is 483. The van der Waals surface area contributed by atoms with Gasteiger partial charge in [0.25, 0.3) is 0 Å². The Labute approximate surface area is 127 Å². The smallest absolute Gasteiger partial charge is 0.137 e. The first-order valence-corrected chi connectivity index (χ1v) is 7.79. The highest BCUT2D eigenvalue weighted by atomic mass is 16.5. The van der Waals surface area contributed by atoms with Gasteiger partial charge in [0.1, 0.15) is 11.8 Å². The number of benzene rings is 1. The second-order valence-electron chi connectivity index (χ2n) is 5.65. The first-order chi connectivity index (χ1) is 10.2. The standard InChI is InChI=1S/C17H25N3O/c1-3-16-14-20(11-10-19(16)2)9-6-12-21-17-8-5-4-7-15(17)13-18/h4-5,7-8,16H,3,6,9-12,14H2,1-2H3. The first-order valence-electron chi connectivity index (χ1n) is 7.79. The van der Waals surface area contributed by atoms with Crippen molar-refractivity contribution in [3.8, 4) is 11.8 Å². The zero-order valence-electron chi connectivity index (χ0n) is 13.1. The second kappa shape index (κ2) is 8.02. The number of hydrogen-bond acceptors (Lipinski definition) is 4. The number of likely N-dealkylation sites (N-methyl/N-ethyl adjacent to an activating group) is 1. The Morgan fingerprint density at radius 3 is 2.90 bits per heavy atom. The van der Waals surface area contributed by atoms with Crippen LogP contribution in [0.2, 0.25) is 0 Å². The SMILES string of the molecule is CCC1CN(CCCOc2ccccc2C#N)CCN1C. The van der Waals surface area contributed by atoms with Crippen LogP contribution in [-0.4, -0.2) is 55.7 Å². The van der Waals surface area contributed by atoms with Gasteiger partial charge in [-0.05, 0) is 32.0 Å². The number of para-hydroxylation sites is 1. The maximum Gasteiger partial charge on any atom is 0.137 e. The van der Waals surface area contributed by atoms with Gasteiger partial charge < -0.3 is 14.5 Å². The third-order valence-electron chi connectivity index (χ3n) is 4.22. The zero-order chi connectivity index (χ0) is 15.1. The minimum absolute atomic E-state index is 0.614. The highest BCUT2D eigenvalue weighted by molar-refractivity contribution is 5.42. The molecule has 0 N–H and O–H groups in total. The highest BCUT2D eigenvalue weighted by Gasteiger charge is 2.22. The summed E-state index contributed by atoms with van der Waals surface area (Å²) in [4.78, 5) is 4.98. The van der Waals surface area contributed by atoms with Crippen LogP contribution >= 0.6 is 0 Å².